The highest BCUT2D eigenvalue weighted by Crippen LogP contribution is 2.23. The number of benzene rings is 2. The second kappa shape index (κ2) is 9.14. The van der Waals surface area contributed by atoms with Crippen molar-refractivity contribution >= 4 is 11.6 Å². The van der Waals surface area contributed by atoms with E-state index in [2.05, 4.69) is 29.7 Å². The molecule has 0 aromatic heterocycles. The fourth-order valence-corrected chi connectivity index (χ4v) is 2.36. The van der Waals surface area contributed by atoms with E-state index in [1.54, 1.807) is 18.2 Å². The van der Waals surface area contributed by atoms with Crippen molar-refractivity contribution in [1.82, 2.24) is 5.32 Å². The third kappa shape index (κ3) is 5.11. The van der Waals surface area contributed by atoms with Gasteiger partial charge in [-0.15, -0.1) is 0 Å². The standard InChI is InChI=1S/C20H21N3O2/c1-15-7-3-4-8-16(15)11-12-22-14-17(13-21)20(24)23-18-9-5-6-10-19(18)25-2/h3-10,14,22H,11-12H2,1-2H3,(H,23,24)/b17-14-. The first-order valence-electron chi connectivity index (χ1n) is 7.98. The number of anilines is 1. The number of methoxy groups -OCH3 is 1. The van der Waals surface area contributed by atoms with Crippen molar-refractivity contribution in [3.05, 3.63) is 71.4 Å². The van der Waals surface area contributed by atoms with Crippen molar-refractivity contribution in [2.75, 3.05) is 19.0 Å². The van der Waals surface area contributed by atoms with E-state index < -0.39 is 5.91 Å². The number of nitrogens with one attached hydrogen (secondary N) is 2. The number of carbonyl (C=O) groups excluding carboxylic acids is 1. The van der Waals surface area contributed by atoms with Crippen LogP contribution in [0.25, 0.3) is 0 Å². The molecule has 25 heavy (non-hydrogen) atoms. The summed E-state index contributed by atoms with van der Waals surface area (Å²) in [6.45, 7) is 2.70. The Balaban J connectivity index is 1.94. The lowest BCUT2D eigenvalue weighted by Crippen LogP contribution is -2.18. The van der Waals surface area contributed by atoms with E-state index in [4.69, 9.17) is 4.74 Å². The fourth-order valence-electron chi connectivity index (χ4n) is 2.36. The number of hydrogen-bond donors (Lipinski definition) is 2. The normalized spacial score (nSPS) is 10.7. The minimum Gasteiger partial charge on any atom is -0.495 e. The molecule has 0 fully saturated rings. The maximum absolute atomic E-state index is 12.2. The molecule has 0 aliphatic rings. The molecular weight excluding hydrogens is 314 g/mol. The Kier molecular flexibility index (Phi) is 6.61. The summed E-state index contributed by atoms with van der Waals surface area (Å²) in [5.74, 6) is 0.0658. The SMILES string of the molecule is COc1ccccc1NC(=O)/C(C#N)=C\NCCc1ccccc1C. The molecular formula is C20H21N3O2. The molecule has 0 heterocycles. The molecule has 0 bridgehead atoms. The first-order chi connectivity index (χ1) is 12.2. The smallest absolute Gasteiger partial charge is 0.267 e. The number of nitriles is 1. The zero-order valence-corrected chi connectivity index (χ0v) is 14.4. The van der Waals surface area contributed by atoms with Gasteiger partial charge in [-0.2, -0.15) is 5.26 Å². The second-order valence-electron chi connectivity index (χ2n) is 5.45. The molecule has 0 aliphatic carbocycles. The Labute approximate surface area is 147 Å². The largest absolute Gasteiger partial charge is 0.495 e. The summed E-state index contributed by atoms with van der Waals surface area (Å²) in [5.41, 5.74) is 3.00. The molecule has 2 aromatic rings. The lowest BCUT2D eigenvalue weighted by molar-refractivity contribution is -0.112. The summed E-state index contributed by atoms with van der Waals surface area (Å²) in [5, 5.41) is 14.9. The van der Waals surface area contributed by atoms with Crippen molar-refractivity contribution in [2.45, 2.75) is 13.3 Å². The molecule has 1 amide bonds. The average Bonchev–Trinajstić information content (AvgIpc) is 2.63. The van der Waals surface area contributed by atoms with E-state index in [-0.39, 0.29) is 5.57 Å². The monoisotopic (exact) mass is 335 g/mol. The lowest BCUT2D eigenvalue weighted by atomic mass is 10.1. The van der Waals surface area contributed by atoms with Crippen molar-refractivity contribution in [1.29, 1.82) is 5.26 Å². The van der Waals surface area contributed by atoms with Crippen molar-refractivity contribution < 1.29 is 9.53 Å². The van der Waals surface area contributed by atoms with E-state index in [0.29, 0.717) is 18.0 Å². The Morgan fingerprint density at radius 2 is 1.92 bits per heavy atom. The third-order valence-corrected chi connectivity index (χ3v) is 3.77. The lowest BCUT2D eigenvalue weighted by Gasteiger charge is -2.09. The van der Waals surface area contributed by atoms with E-state index in [1.165, 1.54) is 24.4 Å². The fraction of sp³-hybridized carbons (Fsp3) is 0.200. The summed E-state index contributed by atoms with van der Waals surface area (Å²) in [7, 11) is 1.53. The second-order valence-corrected chi connectivity index (χ2v) is 5.45. The molecule has 0 radical (unpaired) electrons. The number of para-hydroxylation sites is 2. The van der Waals surface area contributed by atoms with Crippen LogP contribution >= 0.6 is 0 Å². The highest BCUT2D eigenvalue weighted by Gasteiger charge is 2.11. The van der Waals surface area contributed by atoms with Crippen LogP contribution in [0.15, 0.2) is 60.3 Å². The van der Waals surface area contributed by atoms with Crippen LogP contribution in [-0.4, -0.2) is 19.6 Å². The minimum atomic E-state index is -0.476. The first-order valence-corrected chi connectivity index (χ1v) is 7.98. The molecule has 2 N–H and O–H groups in total. The number of carbonyl (C=O) groups is 1. The maximum Gasteiger partial charge on any atom is 0.267 e. The molecule has 2 aromatic carbocycles. The molecule has 5 heteroatoms. The van der Waals surface area contributed by atoms with Crippen molar-refractivity contribution in [2.24, 2.45) is 0 Å². The van der Waals surface area contributed by atoms with E-state index in [9.17, 15) is 10.1 Å². The number of ether oxygens (including phenoxy) is 1. The van der Waals surface area contributed by atoms with Gasteiger partial charge in [0.25, 0.3) is 5.91 Å². The zero-order valence-electron chi connectivity index (χ0n) is 14.4. The van der Waals surface area contributed by atoms with Crippen molar-refractivity contribution in [3.63, 3.8) is 0 Å². The van der Waals surface area contributed by atoms with Crippen LogP contribution in [0.5, 0.6) is 5.75 Å². The molecule has 0 atom stereocenters. The van der Waals surface area contributed by atoms with Crippen LogP contribution in [0.3, 0.4) is 0 Å². The van der Waals surface area contributed by atoms with E-state index in [1.807, 2.05) is 24.3 Å². The van der Waals surface area contributed by atoms with Gasteiger partial charge in [0, 0.05) is 12.7 Å². The van der Waals surface area contributed by atoms with Crippen molar-refractivity contribution in [3.8, 4) is 11.8 Å². The predicted molar refractivity (Wildman–Crippen MR) is 98.2 cm³/mol. The molecule has 0 saturated carbocycles. The Morgan fingerprint density at radius 1 is 1.20 bits per heavy atom. The van der Waals surface area contributed by atoms with Gasteiger partial charge in [-0.1, -0.05) is 36.4 Å². The highest BCUT2D eigenvalue weighted by atomic mass is 16.5. The number of aryl methyl sites for hydroxylation is 1. The number of amides is 1. The average molecular weight is 335 g/mol. The van der Waals surface area contributed by atoms with Crippen LogP contribution in [0.2, 0.25) is 0 Å². The number of rotatable bonds is 7. The predicted octanol–water partition coefficient (Wildman–Crippen LogP) is 3.18. The molecule has 5 nitrogen and oxygen atoms in total. The summed E-state index contributed by atoms with van der Waals surface area (Å²) in [4.78, 5) is 12.2. The van der Waals surface area contributed by atoms with Gasteiger partial charge >= 0.3 is 0 Å². The summed E-state index contributed by atoms with van der Waals surface area (Å²) in [6.07, 6.45) is 2.26. The van der Waals surface area contributed by atoms with Gasteiger partial charge in [0.05, 0.1) is 12.8 Å². The molecule has 128 valence electrons. The van der Waals surface area contributed by atoms with Gasteiger partial charge in [-0.05, 0) is 36.6 Å². The minimum absolute atomic E-state index is 0.00990. The summed E-state index contributed by atoms with van der Waals surface area (Å²) < 4.78 is 5.19. The maximum atomic E-state index is 12.2. The number of hydrogen-bond acceptors (Lipinski definition) is 4. The Hall–Kier alpha value is -3.26. The van der Waals surface area contributed by atoms with Gasteiger partial charge in [-0.25, -0.2) is 0 Å². The topological polar surface area (TPSA) is 74.1 Å². The molecule has 0 aliphatic heterocycles. The summed E-state index contributed by atoms with van der Waals surface area (Å²) in [6, 6.07) is 17.1. The van der Waals surface area contributed by atoms with Gasteiger partial charge < -0.3 is 15.4 Å². The van der Waals surface area contributed by atoms with Gasteiger partial charge in [-0.3, -0.25) is 4.79 Å². The molecule has 0 unspecified atom stereocenters. The van der Waals surface area contributed by atoms with Crippen LogP contribution in [-0.2, 0) is 11.2 Å². The van der Waals surface area contributed by atoms with Crippen LogP contribution in [0.4, 0.5) is 5.69 Å². The van der Waals surface area contributed by atoms with Crippen LogP contribution in [0, 0.1) is 18.3 Å². The van der Waals surface area contributed by atoms with Gasteiger partial charge in [0.1, 0.15) is 17.4 Å². The third-order valence-electron chi connectivity index (χ3n) is 3.77. The number of nitrogens with zero attached hydrogens (tertiary/aromatic N) is 1. The van der Waals surface area contributed by atoms with Crippen LogP contribution < -0.4 is 15.4 Å². The van der Waals surface area contributed by atoms with Gasteiger partial charge in [0.2, 0.25) is 0 Å². The van der Waals surface area contributed by atoms with Crippen LogP contribution in [0.1, 0.15) is 11.1 Å². The molecule has 0 saturated heterocycles. The first kappa shape index (κ1) is 18.1. The van der Waals surface area contributed by atoms with E-state index in [0.717, 1.165) is 6.42 Å². The quantitative estimate of drug-likeness (QED) is 0.463. The Bertz CT molecular complexity index is 807. The molecule has 2 rings (SSSR count). The zero-order chi connectivity index (χ0) is 18.1. The van der Waals surface area contributed by atoms with Gasteiger partial charge in [0.15, 0.2) is 0 Å². The molecule has 0 spiro atoms. The summed E-state index contributed by atoms with van der Waals surface area (Å²) >= 11 is 0. The highest BCUT2D eigenvalue weighted by molar-refractivity contribution is 6.07. The Morgan fingerprint density at radius 3 is 2.64 bits per heavy atom. The van der Waals surface area contributed by atoms with E-state index >= 15 is 0 Å².